The van der Waals surface area contributed by atoms with Crippen molar-refractivity contribution in [3.63, 3.8) is 0 Å². The molecule has 0 aromatic heterocycles. The molecule has 1 heterocycles. The summed E-state index contributed by atoms with van der Waals surface area (Å²) in [4.78, 5) is 14.4. The van der Waals surface area contributed by atoms with E-state index in [2.05, 4.69) is 15.5 Å². The van der Waals surface area contributed by atoms with Crippen LogP contribution in [0.2, 0.25) is 0 Å². The fourth-order valence-electron chi connectivity index (χ4n) is 2.15. The molecule has 4 heteroatoms. The lowest BCUT2D eigenvalue weighted by atomic mass is 10.1. The van der Waals surface area contributed by atoms with Crippen LogP contribution in [0.3, 0.4) is 0 Å². The fourth-order valence-corrected chi connectivity index (χ4v) is 2.15. The SMILES string of the molecule is CC(CN1CCNCC1)C(=O)Nc1ccccc1. The molecule has 4 nitrogen and oxygen atoms in total. The van der Waals surface area contributed by atoms with E-state index >= 15 is 0 Å². The van der Waals surface area contributed by atoms with Crippen LogP contribution in [0.15, 0.2) is 30.3 Å². The van der Waals surface area contributed by atoms with Gasteiger partial charge in [0.15, 0.2) is 0 Å². The van der Waals surface area contributed by atoms with Crippen molar-refractivity contribution in [3.8, 4) is 0 Å². The second-order valence-electron chi connectivity index (χ2n) is 4.81. The van der Waals surface area contributed by atoms with Crippen molar-refractivity contribution in [1.82, 2.24) is 10.2 Å². The maximum Gasteiger partial charge on any atom is 0.228 e. The molecular weight excluding hydrogens is 226 g/mol. The number of anilines is 1. The molecule has 98 valence electrons. The molecule has 18 heavy (non-hydrogen) atoms. The van der Waals surface area contributed by atoms with Crippen LogP contribution in [0.4, 0.5) is 5.69 Å². The number of amides is 1. The van der Waals surface area contributed by atoms with Gasteiger partial charge in [-0.1, -0.05) is 25.1 Å². The number of nitrogens with zero attached hydrogens (tertiary/aromatic N) is 1. The summed E-state index contributed by atoms with van der Waals surface area (Å²) < 4.78 is 0. The van der Waals surface area contributed by atoms with Crippen molar-refractivity contribution in [2.24, 2.45) is 5.92 Å². The average molecular weight is 247 g/mol. The monoisotopic (exact) mass is 247 g/mol. The molecule has 2 rings (SSSR count). The Labute approximate surface area is 108 Å². The highest BCUT2D eigenvalue weighted by Crippen LogP contribution is 2.09. The van der Waals surface area contributed by atoms with Gasteiger partial charge in [0.2, 0.25) is 5.91 Å². The molecule has 1 saturated heterocycles. The zero-order chi connectivity index (χ0) is 12.8. The summed E-state index contributed by atoms with van der Waals surface area (Å²) >= 11 is 0. The van der Waals surface area contributed by atoms with Crippen molar-refractivity contribution in [2.75, 3.05) is 38.0 Å². The van der Waals surface area contributed by atoms with Gasteiger partial charge in [-0.25, -0.2) is 0 Å². The highest BCUT2D eigenvalue weighted by atomic mass is 16.1. The zero-order valence-corrected chi connectivity index (χ0v) is 10.9. The molecule has 1 atom stereocenters. The van der Waals surface area contributed by atoms with Crippen LogP contribution in [0.1, 0.15) is 6.92 Å². The van der Waals surface area contributed by atoms with Gasteiger partial charge in [-0.15, -0.1) is 0 Å². The van der Waals surface area contributed by atoms with Crippen LogP contribution in [0.25, 0.3) is 0 Å². The molecule has 1 fully saturated rings. The van der Waals surface area contributed by atoms with E-state index in [0.717, 1.165) is 38.4 Å². The van der Waals surface area contributed by atoms with Gasteiger partial charge in [-0.2, -0.15) is 0 Å². The lowest BCUT2D eigenvalue weighted by Crippen LogP contribution is -2.46. The number of hydrogen-bond donors (Lipinski definition) is 2. The Kier molecular flexibility index (Phi) is 4.73. The van der Waals surface area contributed by atoms with E-state index in [1.807, 2.05) is 37.3 Å². The second-order valence-corrected chi connectivity index (χ2v) is 4.81. The molecule has 0 aliphatic carbocycles. The van der Waals surface area contributed by atoms with Crippen molar-refractivity contribution in [3.05, 3.63) is 30.3 Å². The van der Waals surface area contributed by atoms with Crippen LogP contribution < -0.4 is 10.6 Å². The second kappa shape index (κ2) is 6.52. The van der Waals surface area contributed by atoms with Crippen LogP contribution in [0.5, 0.6) is 0 Å². The van der Waals surface area contributed by atoms with Crippen molar-refractivity contribution in [1.29, 1.82) is 0 Å². The maximum absolute atomic E-state index is 12.0. The molecule has 1 aromatic rings. The zero-order valence-electron chi connectivity index (χ0n) is 10.9. The third kappa shape index (κ3) is 3.82. The number of benzene rings is 1. The number of nitrogens with one attached hydrogen (secondary N) is 2. The number of rotatable bonds is 4. The summed E-state index contributed by atoms with van der Waals surface area (Å²) in [6.45, 7) is 6.92. The van der Waals surface area contributed by atoms with Gasteiger partial charge in [0, 0.05) is 44.3 Å². The van der Waals surface area contributed by atoms with E-state index in [-0.39, 0.29) is 11.8 Å². The highest BCUT2D eigenvalue weighted by Gasteiger charge is 2.18. The largest absolute Gasteiger partial charge is 0.326 e. The van der Waals surface area contributed by atoms with Gasteiger partial charge in [0.05, 0.1) is 0 Å². The Morgan fingerprint density at radius 3 is 2.67 bits per heavy atom. The number of para-hydroxylation sites is 1. The average Bonchev–Trinajstić information content (AvgIpc) is 2.41. The Morgan fingerprint density at radius 2 is 2.00 bits per heavy atom. The fraction of sp³-hybridized carbons (Fsp3) is 0.500. The summed E-state index contributed by atoms with van der Waals surface area (Å²) in [6, 6.07) is 9.62. The van der Waals surface area contributed by atoms with Gasteiger partial charge < -0.3 is 15.5 Å². The Bertz CT molecular complexity index is 374. The first kappa shape index (κ1) is 13.1. The molecule has 1 unspecified atom stereocenters. The van der Waals surface area contributed by atoms with E-state index in [0.29, 0.717) is 0 Å². The lowest BCUT2D eigenvalue weighted by Gasteiger charge is -2.29. The topological polar surface area (TPSA) is 44.4 Å². The van der Waals surface area contributed by atoms with Crippen molar-refractivity contribution < 1.29 is 4.79 Å². The normalized spacial score (nSPS) is 18.3. The minimum atomic E-state index is 0.0170. The Hall–Kier alpha value is -1.39. The summed E-state index contributed by atoms with van der Waals surface area (Å²) in [5.74, 6) is 0.114. The van der Waals surface area contributed by atoms with Crippen molar-refractivity contribution >= 4 is 11.6 Å². The third-order valence-electron chi connectivity index (χ3n) is 3.23. The lowest BCUT2D eigenvalue weighted by molar-refractivity contribution is -0.120. The van der Waals surface area contributed by atoms with Crippen LogP contribution in [-0.2, 0) is 4.79 Å². The number of carbonyl (C=O) groups is 1. The van der Waals surface area contributed by atoms with Crippen molar-refractivity contribution in [2.45, 2.75) is 6.92 Å². The molecule has 1 aromatic carbocycles. The number of piperazine rings is 1. The first-order valence-corrected chi connectivity index (χ1v) is 6.54. The summed E-state index contributed by atoms with van der Waals surface area (Å²) in [7, 11) is 0. The van der Waals surface area contributed by atoms with E-state index < -0.39 is 0 Å². The molecule has 1 aliphatic rings. The Morgan fingerprint density at radius 1 is 1.33 bits per heavy atom. The van der Waals surface area contributed by atoms with Gasteiger partial charge in [0.1, 0.15) is 0 Å². The highest BCUT2D eigenvalue weighted by molar-refractivity contribution is 5.92. The summed E-state index contributed by atoms with van der Waals surface area (Å²) in [5.41, 5.74) is 0.870. The predicted octanol–water partition coefficient (Wildman–Crippen LogP) is 1.17. The Balaban J connectivity index is 1.81. The predicted molar refractivity (Wildman–Crippen MR) is 73.5 cm³/mol. The van der Waals surface area contributed by atoms with Gasteiger partial charge in [-0.3, -0.25) is 4.79 Å². The van der Waals surface area contributed by atoms with E-state index in [1.165, 1.54) is 0 Å². The molecule has 1 aliphatic heterocycles. The van der Waals surface area contributed by atoms with E-state index in [9.17, 15) is 4.79 Å². The smallest absolute Gasteiger partial charge is 0.228 e. The number of hydrogen-bond acceptors (Lipinski definition) is 3. The standard InChI is InChI=1S/C14H21N3O/c1-12(11-17-9-7-15-8-10-17)14(18)16-13-5-3-2-4-6-13/h2-6,12,15H,7-11H2,1H3,(H,16,18). The van der Waals surface area contributed by atoms with Crippen LogP contribution in [0, 0.1) is 5.92 Å². The maximum atomic E-state index is 12.0. The first-order valence-electron chi connectivity index (χ1n) is 6.54. The van der Waals surface area contributed by atoms with Gasteiger partial charge in [-0.05, 0) is 12.1 Å². The van der Waals surface area contributed by atoms with Crippen LogP contribution in [-0.4, -0.2) is 43.5 Å². The molecule has 0 radical (unpaired) electrons. The molecule has 1 amide bonds. The van der Waals surface area contributed by atoms with E-state index in [1.54, 1.807) is 0 Å². The van der Waals surface area contributed by atoms with E-state index in [4.69, 9.17) is 0 Å². The minimum Gasteiger partial charge on any atom is -0.326 e. The first-order chi connectivity index (χ1) is 8.75. The van der Waals surface area contributed by atoms with Crippen LogP contribution >= 0.6 is 0 Å². The summed E-state index contributed by atoms with van der Waals surface area (Å²) in [6.07, 6.45) is 0. The molecule has 0 spiro atoms. The van der Waals surface area contributed by atoms with Gasteiger partial charge in [0.25, 0.3) is 0 Å². The molecule has 0 bridgehead atoms. The molecule has 0 saturated carbocycles. The van der Waals surface area contributed by atoms with Gasteiger partial charge >= 0.3 is 0 Å². The minimum absolute atomic E-state index is 0.0170. The number of carbonyl (C=O) groups excluding carboxylic acids is 1. The molecular formula is C14H21N3O. The third-order valence-corrected chi connectivity index (χ3v) is 3.23. The summed E-state index contributed by atoms with van der Waals surface area (Å²) in [5, 5.41) is 6.26. The molecule has 2 N–H and O–H groups in total. The quantitative estimate of drug-likeness (QED) is 0.839.